The van der Waals surface area contributed by atoms with Crippen LogP contribution in [0.2, 0.25) is 0 Å². The van der Waals surface area contributed by atoms with Gasteiger partial charge in [0.25, 0.3) is 0 Å². The second-order valence-corrected chi connectivity index (χ2v) is 7.97. The Kier molecular flexibility index (Phi) is 4.93. The minimum atomic E-state index is -0.314. The Morgan fingerprint density at radius 3 is 2.57 bits per heavy atom. The number of aromatic nitrogens is 2. The smallest absolute Gasteiger partial charge is 0.0808 e. The molecule has 2 heterocycles. The number of hydrogen-bond acceptors (Lipinski definition) is 4. The fourth-order valence-corrected chi connectivity index (χ4v) is 4.38. The Balaban J connectivity index is 0.000000128. The fourth-order valence-electron chi connectivity index (χ4n) is 4.38. The number of allylic oxidation sites excluding steroid dienone is 1. The lowest BCUT2D eigenvalue weighted by Crippen LogP contribution is -2.10. The first kappa shape index (κ1) is 18.8. The van der Waals surface area contributed by atoms with Gasteiger partial charge in [-0.05, 0) is 50.3 Å². The zero-order valence-electron chi connectivity index (χ0n) is 16.9. The van der Waals surface area contributed by atoms with Crippen molar-refractivity contribution >= 4 is 33.6 Å². The van der Waals surface area contributed by atoms with Crippen molar-refractivity contribution in [2.75, 3.05) is 5.73 Å². The van der Waals surface area contributed by atoms with Crippen LogP contribution < -0.4 is 5.73 Å². The summed E-state index contributed by atoms with van der Waals surface area (Å²) in [5.74, 6) is 0. The van der Waals surface area contributed by atoms with E-state index < -0.39 is 0 Å². The second-order valence-electron chi connectivity index (χ2n) is 7.97. The molecule has 2 aliphatic rings. The van der Waals surface area contributed by atoms with Crippen molar-refractivity contribution in [3.8, 4) is 0 Å². The lowest BCUT2D eigenvalue weighted by Gasteiger charge is -2.20. The molecule has 1 unspecified atom stereocenters. The minimum Gasteiger partial charge on any atom is -0.398 e. The van der Waals surface area contributed by atoms with Gasteiger partial charge >= 0.3 is 0 Å². The van der Waals surface area contributed by atoms with Crippen LogP contribution in [0.1, 0.15) is 47.9 Å². The summed E-state index contributed by atoms with van der Waals surface area (Å²) >= 11 is 0. The van der Waals surface area contributed by atoms with Crippen LogP contribution in [-0.2, 0) is 12.8 Å². The van der Waals surface area contributed by atoms with Gasteiger partial charge in [-0.2, -0.15) is 0 Å². The summed E-state index contributed by atoms with van der Waals surface area (Å²) in [6.07, 6.45) is 8.91. The van der Waals surface area contributed by atoms with Gasteiger partial charge in [0.05, 0.1) is 28.5 Å². The zero-order valence-corrected chi connectivity index (χ0v) is 16.9. The van der Waals surface area contributed by atoms with Crippen molar-refractivity contribution in [1.29, 1.82) is 0 Å². The molecule has 0 radical (unpaired) electrons. The number of fused-ring (bicyclic) bond motifs is 4. The summed E-state index contributed by atoms with van der Waals surface area (Å²) in [6.45, 7) is 0. The van der Waals surface area contributed by atoms with E-state index in [0.29, 0.717) is 0 Å². The molecule has 150 valence electrons. The molecule has 0 spiro atoms. The van der Waals surface area contributed by atoms with E-state index in [2.05, 4.69) is 28.2 Å². The van der Waals surface area contributed by atoms with E-state index in [1.165, 1.54) is 0 Å². The van der Waals surface area contributed by atoms with Crippen LogP contribution in [0.15, 0.2) is 60.7 Å². The maximum absolute atomic E-state index is 9.88. The molecule has 3 N–H and O–H groups in total. The van der Waals surface area contributed by atoms with Crippen LogP contribution in [0, 0.1) is 0 Å². The monoisotopic (exact) mass is 395 g/mol. The molecule has 0 aliphatic heterocycles. The molecule has 4 aromatic rings. The third-order valence-corrected chi connectivity index (χ3v) is 5.97. The molecule has 0 saturated carbocycles. The van der Waals surface area contributed by atoms with Crippen molar-refractivity contribution in [2.24, 2.45) is 0 Å². The summed E-state index contributed by atoms with van der Waals surface area (Å²) in [5.41, 5.74) is 13.4. The fraction of sp³-hybridized carbons (Fsp3) is 0.231. The molecule has 0 fully saturated rings. The highest BCUT2D eigenvalue weighted by Gasteiger charge is 2.19. The number of aryl methyl sites for hydroxylation is 2. The van der Waals surface area contributed by atoms with Gasteiger partial charge in [0, 0.05) is 27.6 Å². The first-order valence-electron chi connectivity index (χ1n) is 10.6. The number of anilines is 1. The van der Waals surface area contributed by atoms with Crippen molar-refractivity contribution in [3.05, 3.63) is 83.2 Å². The minimum absolute atomic E-state index is 0.314. The molecule has 6 rings (SSSR count). The van der Waals surface area contributed by atoms with Gasteiger partial charge in [0.15, 0.2) is 0 Å². The maximum Gasteiger partial charge on any atom is 0.0808 e. The largest absolute Gasteiger partial charge is 0.398 e. The molecule has 2 aromatic heterocycles. The van der Waals surface area contributed by atoms with Gasteiger partial charge in [-0.15, -0.1) is 0 Å². The SMILES string of the molecule is Nc1c2c(nc3ccccc13)CCC=C2.OC1CCCc2nc3ccccc3cc21. The Morgan fingerprint density at radius 2 is 1.67 bits per heavy atom. The number of aliphatic hydroxyl groups is 1. The van der Waals surface area contributed by atoms with Crippen LogP contribution >= 0.6 is 0 Å². The van der Waals surface area contributed by atoms with E-state index in [9.17, 15) is 5.11 Å². The molecule has 30 heavy (non-hydrogen) atoms. The van der Waals surface area contributed by atoms with Crippen molar-refractivity contribution in [2.45, 2.75) is 38.2 Å². The normalized spacial score (nSPS) is 17.2. The summed E-state index contributed by atoms with van der Waals surface area (Å²) in [7, 11) is 0. The lowest BCUT2D eigenvalue weighted by molar-refractivity contribution is 0.156. The van der Waals surface area contributed by atoms with E-state index in [4.69, 9.17) is 5.73 Å². The molecule has 2 aliphatic carbocycles. The highest BCUT2D eigenvalue weighted by Crippen LogP contribution is 2.31. The maximum atomic E-state index is 9.88. The van der Waals surface area contributed by atoms with E-state index in [1.807, 2.05) is 48.5 Å². The van der Waals surface area contributed by atoms with E-state index >= 15 is 0 Å². The van der Waals surface area contributed by atoms with E-state index in [0.717, 1.165) is 82.1 Å². The summed E-state index contributed by atoms with van der Waals surface area (Å²) < 4.78 is 0. The Hall–Kier alpha value is -3.24. The lowest BCUT2D eigenvalue weighted by atomic mass is 9.92. The van der Waals surface area contributed by atoms with E-state index in [1.54, 1.807) is 0 Å². The predicted molar refractivity (Wildman–Crippen MR) is 123 cm³/mol. The molecule has 0 saturated heterocycles. The highest BCUT2D eigenvalue weighted by molar-refractivity contribution is 5.95. The van der Waals surface area contributed by atoms with Gasteiger partial charge < -0.3 is 10.8 Å². The average Bonchev–Trinajstić information content (AvgIpc) is 2.79. The van der Waals surface area contributed by atoms with E-state index in [-0.39, 0.29) is 6.10 Å². The van der Waals surface area contributed by atoms with Crippen LogP contribution in [0.4, 0.5) is 5.69 Å². The molecule has 1 atom stereocenters. The van der Waals surface area contributed by atoms with Gasteiger partial charge in [-0.25, -0.2) is 0 Å². The van der Waals surface area contributed by atoms with Crippen LogP contribution in [0.5, 0.6) is 0 Å². The molecule has 0 bridgehead atoms. The highest BCUT2D eigenvalue weighted by atomic mass is 16.3. The Bertz CT molecular complexity index is 1260. The number of para-hydroxylation sites is 2. The number of rotatable bonds is 0. The van der Waals surface area contributed by atoms with Gasteiger partial charge in [0.2, 0.25) is 0 Å². The van der Waals surface area contributed by atoms with Crippen molar-refractivity contribution in [3.63, 3.8) is 0 Å². The second kappa shape index (κ2) is 7.88. The molecule has 4 nitrogen and oxygen atoms in total. The van der Waals surface area contributed by atoms with Crippen molar-refractivity contribution in [1.82, 2.24) is 9.97 Å². The van der Waals surface area contributed by atoms with Crippen LogP contribution in [0.25, 0.3) is 27.9 Å². The molecular formula is C26H25N3O. The number of aliphatic hydroxyl groups excluding tert-OH is 1. The van der Waals surface area contributed by atoms with Gasteiger partial charge in [0.1, 0.15) is 0 Å². The average molecular weight is 396 g/mol. The molecule has 0 amide bonds. The summed E-state index contributed by atoms with van der Waals surface area (Å²) in [5, 5.41) is 12.1. The van der Waals surface area contributed by atoms with Crippen LogP contribution in [0.3, 0.4) is 0 Å². The Labute approximate surface area is 176 Å². The first-order chi connectivity index (χ1) is 14.7. The molecule has 2 aromatic carbocycles. The summed E-state index contributed by atoms with van der Waals surface area (Å²) in [4.78, 5) is 9.25. The Morgan fingerprint density at radius 1 is 0.900 bits per heavy atom. The van der Waals surface area contributed by atoms with Gasteiger partial charge in [-0.1, -0.05) is 48.6 Å². The number of nitrogens with two attached hydrogens (primary N) is 1. The third-order valence-electron chi connectivity index (χ3n) is 5.97. The molecule has 4 heteroatoms. The number of nitrogens with zero attached hydrogens (tertiary/aromatic N) is 2. The third kappa shape index (κ3) is 3.44. The molecular weight excluding hydrogens is 370 g/mol. The number of nitrogen functional groups attached to an aromatic ring is 1. The zero-order chi connectivity index (χ0) is 20.5. The van der Waals surface area contributed by atoms with Crippen LogP contribution in [-0.4, -0.2) is 15.1 Å². The quantitative estimate of drug-likeness (QED) is 0.419. The number of hydrogen-bond donors (Lipinski definition) is 2. The standard InChI is InChI=1S/C13H12N2.C13H13NO/c14-13-9-5-1-3-7-11(9)15-12-8-4-2-6-10(12)13;15-13-7-3-6-12-10(13)8-9-4-1-2-5-11(9)14-12/h1-3,5-7H,4,8H2,(H2,14,15);1-2,4-5,8,13,15H,3,6-7H2. The first-order valence-corrected chi connectivity index (χ1v) is 10.6. The number of benzene rings is 2. The number of pyridine rings is 2. The van der Waals surface area contributed by atoms with Gasteiger partial charge in [-0.3, -0.25) is 9.97 Å². The topological polar surface area (TPSA) is 72.0 Å². The summed E-state index contributed by atoms with van der Waals surface area (Å²) in [6, 6.07) is 18.2. The predicted octanol–water partition coefficient (Wildman–Crippen LogP) is 5.38. The van der Waals surface area contributed by atoms with Crippen molar-refractivity contribution < 1.29 is 5.11 Å².